The third kappa shape index (κ3) is 6.34. The number of anilines is 2. The number of nitrogens with two attached hydrogens (primary N) is 1. The number of amides is 1. The molecule has 196 valence electrons. The van der Waals surface area contributed by atoms with E-state index in [0.717, 1.165) is 12.0 Å². The van der Waals surface area contributed by atoms with Crippen LogP contribution in [0.3, 0.4) is 0 Å². The number of nitrogen functional groups attached to an aromatic ring is 1. The second kappa shape index (κ2) is 10.7. The maximum absolute atomic E-state index is 13.3. The largest absolute Gasteiger partial charge is 0.475 e. The van der Waals surface area contributed by atoms with E-state index in [4.69, 9.17) is 15.5 Å². The lowest BCUT2D eigenvalue weighted by Crippen LogP contribution is -2.41. The molecule has 37 heavy (non-hydrogen) atoms. The Morgan fingerprint density at radius 2 is 1.81 bits per heavy atom. The number of ether oxygens (including phenoxy) is 1. The van der Waals surface area contributed by atoms with Crippen LogP contribution in [0, 0.1) is 11.8 Å². The fourth-order valence-electron chi connectivity index (χ4n) is 4.52. The van der Waals surface area contributed by atoms with Gasteiger partial charge in [0.15, 0.2) is 5.03 Å². The molecule has 0 radical (unpaired) electrons. The molecule has 11 heteroatoms. The predicted octanol–water partition coefficient (Wildman–Crippen LogP) is 3.51. The molecule has 3 N–H and O–H groups in total. The van der Waals surface area contributed by atoms with Crippen LogP contribution >= 0.6 is 0 Å². The van der Waals surface area contributed by atoms with Gasteiger partial charge in [0.05, 0.1) is 17.4 Å². The van der Waals surface area contributed by atoms with Crippen molar-refractivity contribution in [3.63, 3.8) is 0 Å². The molecule has 0 spiro atoms. The first kappa shape index (κ1) is 26.3. The highest BCUT2D eigenvalue weighted by Gasteiger charge is 2.29. The topological polar surface area (TPSA) is 140 Å². The highest BCUT2D eigenvalue weighted by Crippen LogP contribution is 2.30. The monoisotopic (exact) mass is 524 g/mol. The van der Waals surface area contributed by atoms with Crippen LogP contribution in [0.25, 0.3) is 11.3 Å². The van der Waals surface area contributed by atoms with Crippen molar-refractivity contribution in [3.8, 4) is 17.1 Å². The third-order valence-corrected chi connectivity index (χ3v) is 7.16. The van der Waals surface area contributed by atoms with Crippen molar-refractivity contribution in [2.24, 2.45) is 11.8 Å². The summed E-state index contributed by atoms with van der Waals surface area (Å²) in [6, 6.07) is 11.1. The van der Waals surface area contributed by atoms with Crippen LogP contribution in [0.15, 0.2) is 53.7 Å². The maximum Gasteiger partial charge on any atom is 0.281 e. The lowest BCUT2D eigenvalue weighted by Gasteiger charge is -2.36. The van der Waals surface area contributed by atoms with Gasteiger partial charge >= 0.3 is 0 Å². The summed E-state index contributed by atoms with van der Waals surface area (Å²) in [5.41, 5.74) is 7.15. The Kier molecular flexibility index (Phi) is 7.63. The van der Waals surface area contributed by atoms with Crippen LogP contribution < -0.4 is 20.1 Å². The van der Waals surface area contributed by atoms with E-state index in [9.17, 15) is 13.2 Å². The summed E-state index contributed by atoms with van der Waals surface area (Å²) >= 11 is 0. The quantitative estimate of drug-likeness (QED) is 0.475. The number of nitrogens with one attached hydrogen (secondary N) is 1. The van der Waals surface area contributed by atoms with E-state index in [0.29, 0.717) is 42.3 Å². The number of rotatable bonds is 7. The first-order valence-electron chi connectivity index (χ1n) is 12.2. The molecule has 10 nitrogen and oxygen atoms in total. The van der Waals surface area contributed by atoms with Crippen LogP contribution in [0.5, 0.6) is 5.88 Å². The van der Waals surface area contributed by atoms with Crippen molar-refractivity contribution < 1.29 is 17.9 Å². The number of nitrogens with zero attached hydrogens (tertiary/aromatic N) is 4. The Bertz CT molecular complexity index is 1370. The van der Waals surface area contributed by atoms with Gasteiger partial charge in [-0.2, -0.15) is 8.42 Å². The Balaban J connectivity index is 1.70. The van der Waals surface area contributed by atoms with Gasteiger partial charge in [0.2, 0.25) is 5.88 Å². The molecule has 3 aromatic heterocycles. The number of pyridine rings is 3. The molecular weight excluding hydrogens is 492 g/mol. The number of carbonyl (C=O) groups excluding carboxylic acids is 1. The highest BCUT2D eigenvalue weighted by molar-refractivity contribution is 7.90. The molecular formula is C26H32N6O4S. The van der Waals surface area contributed by atoms with Crippen LogP contribution in [0.2, 0.25) is 0 Å². The number of hydrogen-bond acceptors (Lipinski definition) is 9. The SMILES string of the molecule is CC(C)Oc1ccc(-c2ccc(C(=O)NS(=O)(=O)c3cccc(N)n3)c(N3C[C@@H](C)C[C@H](C)C3)n2)cn1. The smallest absolute Gasteiger partial charge is 0.281 e. The van der Waals surface area contributed by atoms with Crippen LogP contribution in [0.1, 0.15) is 44.5 Å². The van der Waals surface area contributed by atoms with Crippen molar-refractivity contribution >= 4 is 27.6 Å². The fourth-order valence-corrected chi connectivity index (χ4v) is 5.46. The van der Waals surface area contributed by atoms with E-state index >= 15 is 0 Å². The minimum atomic E-state index is -4.24. The fraction of sp³-hybridized carbons (Fsp3) is 0.385. The van der Waals surface area contributed by atoms with E-state index in [2.05, 4.69) is 28.5 Å². The maximum atomic E-state index is 13.3. The molecule has 1 saturated heterocycles. The van der Waals surface area contributed by atoms with Gasteiger partial charge in [-0.1, -0.05) is 19.9 Å². The minimum Gasteiger partial charge on any atom is -0.475 e. The van der Waals surface area contributed by atoms with E-state index in [1.165, 1.54) is 18.2 Å². The number of aromatic nitrogens is 3. The standard InChI is InChI=1S/C26H32N6O4S/c1-16(2)36-23-11-8-19(13-28-23)21-10-9-20(25(29-21)32-14-17(3)12-18(4)15-32)26(33)31-37(34,35)24-7-5-6-22(27)30-24/h5-11,13,16-18H,12,14-15H2,1-4H3,(H2,27,30)(H,31,33)/t17-,18-/m0/s1. The van der Waals surface area contributed by atoms with Crippen LogP contribution in [0.4, 0.5) is 11.6 Å². The zero-order chi connectivity index (χ0) is 26.7. The summed E-state index contributed by atoms with van der Waals surface area (Å²) in [5.74, 6) is 0.958. The second-order valence-electron chi connectivity index (χ2n) is 9.81. The molecule has 3 aromatic rings. The Labute approximate surface area is 217 Å². The average Bonchev–Trinajstić information content (AvgIpc) is 2.83. The van der Waals surface area contributed by atoms with Gasteiger partial charge in [-0.05, 0) is 62.4 Å². The van der Waals surface area contributed by atoms with Crippen LogP contribution in [-0.4, -0.2) is 48.5 Å². The molecule has 1 amide bonds. The van der Waals surface area contributed by atoms with Gasteiger partial charge in [-0.25, -0.2) is 19.7 Å². The van der Waals surface area contributed by atoms with E-state index in [1.54, 1.807) is 24.4 Å². The summed E-state index contributed by atoms with van der Waals surface area (Å²) in [5, 5.41) is -0.332. The van der Waals surface area contributed by atoms with Crippen molar-refractivity contribution in [3.05, 3.63) is 54.2 Å². The zero-order valence-electron chi connectivity index (χ0n) is 21.4. The molecule has 0 saturated carbocycles. The van der Waals surface area contributed by atoms with Crippen molar-refractivity contribution in [2.45, 2.75) is 45.2 Å². The number of piperidine rings is 1. The Morgan fingerprint density at radius 3 is 2.43 bits per heavy atom. The van der Waals surface area contributed by atoms with Gasteiger partial charge in [-0.15, -0.1) is 0 Å². The lowest BCUT2D eigenvalue weighted by atomic mass is 9.91. The predicted molar refractivity (Wildman–Crippen MR) is 142 cm³/mol. The normalized spacial score (nSPS) is 18.0. The first-order chi connectivity index (χ1) is 17.5. The van der Waals surface area contributed by atoms with Crippen molar-refractivity contribution in [1.29, 1.82) is 0 Å². The van der Waals surface area contributed by atoms with Gasteiger partial charge < -0.3 is 15.4 Å². The third-order valence-electron chi connectivity index (χ3n) is 5.92. The van der Waals surface area contributed by atoms with Crippen molar-refractivity contribution in [1.82, 2.24) is 19.7 Å². The Morgan fingerprint density at radius 1 is 1.08 bits per heavy atom. The van der Waals surface area contributed by atoms with Gasteiger partial charge in [-0.3, -0.25) is 4.79 Å². The van der Waals surface area contributed by atoms with Crippen LogP contribution in [-0.2, 0) is 10.0 Å². The highest BCUT2D eigenvalue weighted by atomic mass is 32.2. The van der Waals surface area contributed by atoms with E-state index in [1.807, 2.05) is 24.8 Å². The van der Waals surface area contributed by atoms with E-state index < -0.39 is 15.9 Å². The summed E-state index contributed by atoms with van der Waals surface area (Å²) in [6.07, 6.45) is 2.73. The number of carbonyl (C=O) groups is 1. The molecule has 2 atom stereocenters. The van der Waals surface area contributed by atoms with E-state index in [-0.39, 0.29) is 22.5 Å². The van der Waals surface area contributed by atoms with Gasteiger partial charge in [0, 0.05) is 30.9 Å². The Hall–Kier alpha value is -3.73. The molecule has 1 aliphatic heterocycles. The first-order valence-corrected chi connectivity index (χ1v) is 13.7. The number of hydrogen-bond donors (Lipinski definition) is 2. The minimum absolute atomic E-state index is 0.00256. The van der Waals surface area contributed by atoms with Gasteiger partial charge in [0.25, 0.3) is 15.9 Å². The number of sulfonamides is 1. The molecule has 1 fully saturated rings. The molecule has 0 bridgehead atoms. The summed E-state index contributed by atoms with van der Waals surface area (Å²) in [7, 11) is -4.24. The summed E-state index contributed by atoms with van der Waals surface area (Å²) in [4.78, 5) is 28.4. The lowest BCUT2D eigenvalue weighted by molar-refractivity contribution is 0.0981. The summed E-state index contributed by atoms with van der Waals surface area (Å²) < 4.78 is 33.5. The second-order valence-corrected chi connectivity index (χ2v) is 11.4. The van der Waals surface area contributed by atoms with Gasteiger partial charge in [0.1, 0.15) is 11.6 Å². The molecule has 0 aromatic carbocycles. The zero-order valence-corrected chi connectivity index (χ0v) is 22.2. The molecule has 4 rings (SSSR count). The average molecular weight is 525 g/mol. The molecule has 0 aliphatic carbocycles. The summed E-state index contributed by atoms with van der Waals surface area (Å²) in [6.45, 7) is 9.56. The molecule has 0 unspecified atom stereocenters. The van der Waals surface area contributed by atoms with Crippen molar-refractivity contribution in [2.75, 3.05) is 23.7 Å². The molecule has 4 heterocycles. The molecule has 1 aliphatic rings.